The van der Waals surface area contributed by atoms with Crippen LogP contribution < -0.4 is 9.47 Å². The van der Waals surface area contributed by atoms with Crippen LogP contribution in [0.3, 0.4) is 0 Å². The van der Waals surface area contributed by atoms with Gasteiger partial charge < -0.3 is 34.6 Å². The summed E-state index contributed by atoms with van der Waals surface area (Å²) in [6.45, 7) is -0.478. The van der Waals surface area contributed by atoms with Crippen LogP contribution in [-0.4, -0.2) is 65.7 Å². The van der Waals surface area contributed by atoms with E-state index in [0.29, 0.717) is 17.1 Å². The van der Waals surface area contributed by atoms with Crippen LogP contribution in [0.4, 0.5) is 0 Å². The average Bonchev–Trinajstić information content (AvgIpc) is 2.52. The minimum atomic E-state index is -1.43. The minimum absolute atomic E-state index is 0.445. The lowest BCUT2D eigenvalue weighted by molar-refractivity contribution is -0.232. The number of methoxy groups -OCH3 is 2. The maximum absolute atomic E-state index is 10.1. The number of hydrogen-bond acceptors (Lipinski definition) is 7. The third kappa shape index (κ3) is 2.97. The van der Waals surface area contributed by atoms with Gasteiger partial charge in [-0.05, 0) is 18.2 Å². The van der Waals surface area contributed by atoms with Gasteiger partial charge in [-0.25, -0.2) is 0 Å². The van der Waals surface area contributed by atoms with E-state index in [4.69, 9.17) is 14.2 Å². The van der Waals surface area contributed by atoms with Gasteiger partial charge in [0.25, 0.3) is 0 Å². The molecule has 1 aliphatic rings. The molecule has 0 bridgehead atoms. The van der Waals surface area contributed by atoms with Crippen LogP contribution in [0.1, 0.15) is 11.7 Å². The van der Waals surface area contributed by atoms with Crippen molar-refractivity contribution in [2.75, 3.05) is 20.8 Å². The molecule has 7 heteroatoms. The lowest BCUT2D eigenvalue weighted by Crippen LogP contribution is -2.55. The third-order valence-corrected chi connectivity index (χ3v) is 3.64. The molecule has 1 unspecified atom stereocenters. The minimum Gasteiger partial charge on any atom is -0.497 e. The van der Waals surface area contributed by atoms with E-state index in [9.17, 15) is 20.4 Å². The van der Waals surface area contributed by atoms with Crippen LogP contribution in [0.25, 0.3) is 0 Å². The molecule has 2 rings (SSSR count). The monoisotopic (exact) mass is 300 g/mol. The highest BCUT2D eigenvalue weighted by atomic mass is 16.5. The van der Waals surface area contributed by atoms with Crippen LogP contribution in [0.5, 0.6) is 11.5 Å². The molecule has 1 fully saturated rings. The van der Waals surface area contributed by atoms with E-state index in [0.717, 1.165) is 0 Å². The van der Waals surface area contributed by atoms with Gasteiger partial charge in [0.1, 0.15) is 42.0 Å². The number of ether oxygens (including phenoxy) is 3. The Balaban J connectivity index is 2.39. The van der Waals surface area contributed by atoms with Crippen LogP contribution in [-0.2, 0) is 4.74 Å². The summed E-state index contributed by atoms with van der Waals surface area (Å²) in [4.78, 5) is 0. The zero-order chi connectivity index (χ0) is 15.6. The summed E-state index contributed by atoms with van der Waals surface area (Å²) < 4.78 is 15.9. The molecular formula is C14H20O7. The van der Waals surface area contributed by atoms with Crippen molar-refractivity contribution in [2.24, 2.45) is 0 Å². The number of hydrogen-bond donors (Lipinski definition) is 4. The Hall–Kier alpha value is -1.38. The van der Waals surface area contributed by atoms with Crippen molar-refractivity contribution in [3.63, 3.8) is 0 Å². The summed E-state index contributed by atoms with van der Waals surface area (Å²) in [7, 11) is 2.97. The molecule has 5 atom stereocenters. The van der Waals surface area contributed by atoms with Crippen LogP contribution in [0.15, 0.2) is 18.2 Å². The Morgan fingerprint density at radius 3 is 2.33 bits per heavy atom. The van der Waals surface area contributed by atoms with Gasteiger partial charge in [0, 0.05) is 5.56 Å². The van der Waals surface area contributed by atoms with E-state index in [2.05, 4.69) is 0 Å². The van der Waals surface area contributed by atoms with Crippen molar-refractivity contribution in [2.45, 2.75) is 30.5 Å². The van der Waals surface area contributed by atoms with E-state index in [1.54, 1.807) is 18.2 Å². The quantitative estimate of drug-likeness (QED) is 0.577. The number of aliphatic hydroxyl groups excluding tert-OH is 4. The third-order valence-electron chi connectivity index (χ3n) is 3.64. The highest BCUT2D eigenvalue weighted by molar-refractivity contribution is 5.42. The van der Waals surface area contributed by atoms with Gasteiger partial charge in [0.15, 0.2) is 0 Å². The van der Waals surface area contributed by atoms with Gasteiger partial charge in [0.2, 0.25) is 0 Å². The molecule has 0 aliphatic carbocycles. The molecule has 7 nitrogen and oxygen atoms in total. The second-order valence-corrected chi connectivity index (χ2v) is 4.86. The Morgan fingerprint density at radius 2 is 1.76 bits per heavy atom. The molecule has 1 heterocycles. The highest BCUT2D eigenvalue weighted by Gasteiger charge is 2.44. The van der Waals surface area contributed by atoms with Gasteiger partial charge in [-0.1, -0.05) is 0 Å². The Labute approximate surface area is 122 Å². The second kappa shape index (κ2) is 6.59. The molecule has 1 saturated heterocycles. The lowest BCUT2D eigenvalue weighted by Gasteiger charge is -2.40. The van der Waals surface area contributed by atoms with Crippen LogP contribution in [0, 0.1) is 0 Å². The van der Waals surface area contributed by atoms with Crippen molar-refractivity contribution in [1.82, 2.24) is 0 Å². The molecule has 1 aromatic carbocycles. The van der Waals surface area contributed by atoms with E-state index < -0.39 is 37.1 Å². The second-order valence-electron chi connectivity index (χ2n) is 4.86. The normalized spacial score (nSPS) is 32.8. The molecule has 1 aliphatic heterocycles. The molecule has 0 saturated carbocycles. The smallest absolute Gasteiger partial charge is 0.125 e. The average molecular weight is 300 g/mol. The number of benzene rings is 1. The Bertz CT molecular complexity index is 476. The predicted octanol–water partition coefficient (Wildman–Crippen LogP) is -0.781. The fourth-order valence-corrected chi connectivity index (χ4v) is 2.42. The summed E-state index contributed by atoms with van der Waals surface area (Å²) >= 11 is 0. The molecule has 21 heavy (non-hydrogen) atoms. The van der Waals surface area contributed by atoms with Crippen molar-refractivity contribution in [3.8, 4) is 11.5 Å². The largest absolute Gasteiger partial charge is 0.497 e. The highest BCUT2D eigenvalue weighted by Crippen LogP contribution is 2.38. The van der Waals surface area contributed by atoms with Gasteiger partial charge in [-0.3, -0.25) is 0 Å². The van der Waals surface area contributed by atoms with Gasteiger partial charge >= 0.3 is 0 Å². The molecule has 0 amide bonds. The van der Waals surface area contributed by atoms with Crippen molar-refractivity contribution in [1.29, 1.82) is 0 Å². The number of rotatable bonds is 4. The zero-order valence-electron chi connectivity index (χ0n) is 11.8. The molecule has 1 aromatic rings. The summed E-state index contributed by atoms with van der Waals surface area (Å²) in [6, 6.07) is 4.95. The molecular weight excluding hydrogens is 280 g/mol. The van der Waals surface area contributed by atoms with E-state index in [1.165, 1.54) is 14.2 Å². The van der Waals surface area contributed by atoms with Crippen LogP contribution in [0.2, 0.25) is 0 Å². The first-order chi connectivity index (χ1) is 10.0. The summed E-state index contributed by atoms with van der Waals surface area (Å²) in [5.74, 6) is 0.975. The molecule has 4 N–H and O–H groups in total. The van der Waals surface area contributed by atoms with Crippen LogP contribution >= 0.6 is 0 Å². The number of aliphatic hydroxyl groups is 4. The van der Waals surface area contributed by atoms with Crippen molar-refractivity contribution >= 4 is 0 Å². The fraction of sp³-hybridized carbons (Fsp3) is 0.571. The van der Waals surface area contributed by atoms with E-state index >= 15 is 0 Å². The molecule has 0 spiro atoms. The van der Waals surface area contributed by atoms with Crippen molar-refractivity contribution < 1.29 is 34.6 Å². The fourth-order valence-electron chi connectivity index (χ4n) is 2.42. The molecule has 0 radical (unpaired) electrons. The first-order valence-corrected chi connectivity index (χ1v) is 6.56. The first kappa shape index (κ1) is 16.0. The zero-order valence-corrected chi connectivity index (χ0v) is 11.8. The van der Waals surface area contributed by atoms with Crippen molar-refractivity contribution in [3.05, 3.63) is 23.8 Å². The Kier molecular flexibility index (Phi) is 5.02. The summed E-state index contributed by atoms with van der Waals surface area (Å²) in [5.41, 5.74) is 0.466. The molecule has 0 aromatic heterocycles. The summed E-state index contributed by atoms with van der Waals surface area (Å²) in [5, 5.41) is 39.0. The molecule has 118 valence electrons. The lowest BCUT2D eigenvalue weighted by atomic mass is 9.91. The maximum atomic E-state index is 10.1. The maximum Gasteiger partial charge on any atom is 0.125 e. The van der Waals surface area contributed by atoms with E-state index in [1.807, 2.05) is 0 Å². The SMILES string of the molecule is COc1ccc(OC)c(C2O[C@H](CO)[C@H](O)[C@H](O)[C@H]2O)c1. The predicted molar refractivity (Wildman–Crippen MR) is 72.3 cm³/mol. The van der Waals surface area contributed by atoms with Gasteiger partial charge in [0.05, 0.1) is 20.8 Å². The standard InChI is InChI=1S/C14H20O7/c1-19-7-3-4-9(20-2)8(5-7)14-13(18)12(17)11(16)10(6-15)21-14/h3-5,10-18H,6H2,1-2H3/t10-,11+,12+,13-,14?/m1/s1. The first-order valence-electron chi connectivity index (χ1n) is 6.56. The van der Waals surface area contributed by atoms with Gasteiger partial charge in [-0.2, -0.15) is 0 Å². The van der Waals surface area contributed by atoms with E-state index in [-0.39, 0.29) is 0 Å². The van der Waals surface area contributed by atoms with Gasteiger partial charge in [-0.15, -0.1) is 0 Å². The topological polar surface area (TPSA) is 109 Å². The Morgan fingerprint density at radius 1 is 1.05 bits per heavy atom. The summed E-state index contributed by atoms with van der Waals surface area (Å²) in [6.07, 6.45) is -6.10.